The molecule has 1 amide bonds. The van der Waals surface area contributed by atoms with E-state index in [0.717, 1.165) is 10.4 Å². The van der Waals surface area contributed by atoms with Crippen LogP contribution in [0.15, 0.2) is 52.7 Å². The Morgan fingerprint density at radius 1 is 1.24 bits per heavy atom. The number of thioether (sulfide) groups is 1. The molecular weight excluding hydrogens is 464 g/mol. The number of hydrogen-bond acceptors (Lipinski definition) is 9. The molecule has 0 aliphatic heterocycles. The van der Waals surface area contributed by atoms with Crippen LogP contribution in [0.25, 0.3) is 27.3 Å². The number of para-hydroxylation sites is 2. The number of H-pyrrole nitrogens is 1. The molecule has 0 spiro atoms. The average molecular weight is 485 g/mol. The lowest BCUT2D eigenvalue weighted by molar-refractivity contribution is -0.133. The molecule has 0 unspecified atom stereocenters. The van der Waals surface area contributed by atoms with Gasteiger partial charge in [-0.05, 0) is 23.6 Å². The standard InChI is InChI=1S/C21H20N6O4S2/c1-31-20(30)17(18-23-12-5-2-3-6-13(12)24-18)14(28)11-33-21-26-25-19(15-7-4-10-32-15)27(21)9-8-16(22)29/h2-7,10,28H,8-9,11H2,1H3,(H2,22,29)(H,23,24)/b17-14+. The number of aromatic amines is 1. The Hall–Kier alpha value is -3.64. The van der Waals surface area contributed by atoms with Crippen molar-refractivity contribution in [3.63, 3.8) is 0 Å². The molecule has 0 saturated heterocycles. The number of esters is 1. The highest BCUT2D eigenvalue weighted by Gasteiger charge is 2.23. The second-order valence-electron chi connectivity index (χ2n) is 6.86. The van der Waals surface area contributed by atoms with Crippen molar-refractivity contribution >= 4 is 51.6 Å². The Kier molecular flexibility index (Phi) is 6.75. The van der Waals surface area contributed by atoms with E-state index >= 15 is 0 Å². The van der Waals surface area contributed by atoms with Crippen molar-refractivity contribution in [2.75, 3.05) is 12.9 Å². The van der Waals surface area contributed by atoms with Gasteiger partial charge in [0.25, 0.3) is 0 Å². The molecule has 4 N–H and O–H groups in total. The molecule has 0 radical (unpaired) electrons. The molecule has 0 saturated carbocycles. The first-order valence-corrected chi connectivity index (χ1v) is 11.7. The minimum atomic E-state index is -0.721. The second-order valence-corrected chi connectivity index (χ2v) is 8.75. The van der Waals surface area contributed by atoms with Crippen LogP contribution in [-0.4, -0.2) is 54.6 Å². The quantitative estimate of drug-likeness (QED) is 0.142. The number of nitrogens with two attached hydrogens (primary N) is 1. The van der Waals surface area contributed by atoms with Gasteiger partial charge in [0.15, 0.2) is 11.0 Å². The van der Waals surface area contributed by atoms with E-state index in [1.807, 2.05) is 35.7 Å². The van der Waals surface area contributed by atoms with E-state index in [1.165, 1.54) is 30.2 Å². The van der Waals surface area contributed by atoms with Crippen LogP contribution in [0.2, 0.25) is 0 Å². The number of methoxy groups -OCH3 is 1. The molecular formula is C21H20N6O4S2. The van der Waals surface area contributed by atoms with E-state index in [1.54, 1.807) is 10.6 Å². The number of primary amides is 1. The van der Waals surface area contributed by atoms with Gasteiger partial charge in [-0.2, -0.15) is 0 Å². The maximum Gasteiger partial charge on any atom is 0.345 e. The van der Waals surface area contributed by atoms with Crippen molar-refractivity contribution in [3.8, 4) is 10.7 Å². The molecule has 3 aromatic heterocycles. The number of rotatable bonds is 9. The Morgan fingerprint density at radius 2 is 2.06 bits per heavy atom. The lowest BCUT2D eigenvalue weighted by Gasteiger charge is -2.09. The molecule has 4 rings (SSSR count). The van der Waals surface area contributed by atoms with Crippen molar-refractivity contribution in [1.29, 1.82) is 0 Å². The third kappa shape index (κ3) is 4.91. The number of fused-ring (bicyclic) bond motifs is 1. The van der Waals surface area contributed by atoms with Gasteiger partial charge in [0.2, 0.25) is 5.91 Å². The van der Waals surface area contributed by atoms with Gasteiger partial charge in [-0.25, -0.2) is 9.78 Å². The summed E-state index contributed by atoms with van der Waals surface area (Å²) in [5, 5.41) is 21.7. The number of aliphatic hydroxyl groups excluding tert-OH is 1. The first-order valence-electron chi connectivity index (χ1n) is 9.81. The monoisotopic (exact) mass is 484 g/mol. The lowest BCUT2D eigenvalue weighted by Crippen LogP contribution is -2.15. The van der Waals surface area contributed by atoms with E-state index in [0.29, 0.717) is 16.5 Å². The first-order chi connectivity index (χ1) is 16.0. The number of nitrogens with one attached hydrogen (secondary N) is 1. The molecule has 0 fully saturated rings. The molecule has 0 aliphatic carbocycles. The average Bonchev–Trinajstić information content (AvgIpc) is 3.55. The van der Waals surface area contributed by atoms with E-state index < -0.39 is 11.9 Å². The molecule has 0 atom stereocenters. The van der Waals surface area contributed by atoms with Crippen LogP contribution >= 0.6 is 23.1 Å². The highest BCUT2D eigenvalue weighted by atomic mass is 32.2. The number of carbonyl (C=O) groups excluding carboxylic acids is 2. The molecule has 3 heterocycles. The third-order valence-electron chi connectivity index (χ3n) is 4.68. The van der Waals surface area contributed by atoms with Crippen LogP contribution in [0.1, 0.15) is 12.2 Å². The van der Waals surface area contributed by atoms with Crippen LogP contribution < -0.4 is 5.73 Å². The summed E-state index contributed by atoms with van der Waals surface area (Å²) in [6.07, 6.45) is 0.109. The molecule has 12 heteroatoms. The van der Waals surface area contributed by atoms with Crippen molar-refractivity contribution in [2.24, 2.45) is 5.73 Å². The largest absolute Gasteiger partial charge is 0.510 e. The zero-order chi connectivity index (χ0) is 23.4. The van der Waals surface area contributed by atoms with Gasteiger partial charge in [-0.1, -0.05) is 30.0 Å². The van der Waals surface area contributed by atoms with E-state index in [2.05, 4.69) is 20.2 Å². The number of ether oxygens (including phenoxy) is 1. The fraction of sp³-hybridized carbons (Fsp3) is 0.190. The van der Waals surface area contributed by atoms with Gasteiger partial charge < -0.3 is 25.1 Å². The Labute approximate surface area is 196 Å². The van der Waals surface area contributed by atoms with Crippen LogP contribution in [0.3, 0.4) is 0 Å². The number of hydrogen-bond donors (Lipinski definition) is 3. The van der Waals surface area contributed by atoms with Crippen LogP contribution in [-0.2, 0) is 20.9 Å². The predicted octanol–water partition coefficient (Wildman–Crippen LogP) is 2.99. The SMILES string of the molecule is COC(=O)/C(=C(/O)CSc1nnc(-c2cccs2)n1CCC(N)=O)c1nc2ccccc2[nH]1. The molecule has 4 aromatic rings. The maximum atomic E-state index is 12.5. The number of nitrogens with zero attached hydrogens (tertiary/aromatic N) is 4. The van der Waals surface area contributed by atoms with Crippen LogP contribution in [0.5, 0.6) is 0 Å². The highest BCUT2D eigenvalue weighted by Crippen LogP contribution is 2.29. The summed E-state index contributed by atoms with van der Waals surface area (Å²) in [7, 11) is 1.24. The molecule has 1 aromatic carbocycles. The Bertz CT molecular complexity index is 1290. The maximum absolute atomic E-state index is 12.5. The van der Waals surface area contributed by atoms with Crippen molar-refractivity contribution in [2.45, 2.75) is 18.1 Å². The second kappa shape index (κ2) is 9.88. The Balaban J connectivity index is 1.64. The number of carbonyl (C=O) groups is 2. The van der Waals surface area contributed by atoms with Crippen LogP contribution in [0, 0.1) is 0 Å². The summed E-state index contributed by atoms with van der Waals surface area (Å²) >= 11 is 2.66. The molecule has 33 heavy (non-hydrogen) atoms. The van der Waals surface area contributed by atoms with Gasteiger partial charge in [-0.3, -0.25) is 4.79 Å². The minimum Gasteiger partial charge on any atom is -0.510 e. The van der Waals surface area contributed by atoms with Crippen molar-refractivity contribution in [1.82, 2.24) is 24.7 Å². The lowest BCUT2D eigenvalue weighted by atomic mass is 10.2. The Morgan fingerprint density at radius 3 is 2.76 bits per heavy atom. The topological polar surface area (TPSA) is 149 Å². The van der Waals surface area contributed by atoms with E-state index in [9.17, 15) is 14.7 Å². The summed E-state index contributed by atoms with van der Waals surface area (Å²) in [6.45, 7) is 0.288. The van der Waals surface area contributed by atoms with Crippen molar-refractivity contribution in [3.05, 3.63) is 53.4 Å². The number of amides is 1. The molecule has 10 nitrogen and oxygen atoms in total. The van der Waals surface area contributed by atoms with Crippen LogP contribution in [0.4, 0.5) is 0 Å². The summed E-state index contributed by atoms with van der Waals surface area (Å²) in [5.74, 6) is -0.592. The third-order valence-corrected chi connectivity index (χ3v) is 6.53. The predicted molar refractivity (Wildman–Crippen MR) is 126 cm³/mol. The van der Waals surface area contributed by atoms with Gasteiger partial charge >= 0.3 is 5.97 Å². The van der Waals surface area contributed by atoms with Crippen molar-refractivity contribution < 1.29 is 19.4 Å². The summed E-state index contributed by atoms with van der Waals surface area (Å²) in [5.41, 5.74) is 6.64. The molecule has 0 aliphatic rings. The van der Waals surface area contributed by atoms with Gasteiger partial charge in [-0.15, -0.1) is 21.5 Å². The van der Waals surface area contributed by atoms with Gasteiger partial charge in [0.1, 0.15) is 17.2 Å². The smallest absolute Gasteiger partial charge is 0.345 e. The van der Waals surface area contributed by atoms with E-state index in [4.69, 9.17) is 10.5 Å². The summed E-state index contributed by atoms with van der Waals surface area (Å²) < 4.78 is 6.64. The minimum absolute atomic E-state index is 0.000619. The first kappa shape index (κ1) is 22.6. The number of aromatic nitrogens is 5. The fourth-order valence-corrected chi connectivity index (χ4v) is 4.70. The molecule has 0 bridgehead atoms. The number of benzene rings is 1. The molecule has 170 valence electrons. The zero-order valence-electron chi connectivity index (χ0n) is 17.5. The van der Waals surface area contributed by atoms with Gasteiger partial charge in [0, 0.05) is 13.0 Å². The number of imidazole rings is 1. The number of thiophene rings is 1. The summed E-state index contributed by atoms with van der Waals surface area (Å²) in [6, 6.07) is 11.1. The zero-order valence-corrected chi connectivity index (χ0v) is 19.2. The number of aliphatic hydroxyl groups is 1. The van der Waals surface area contributed by atoms with Gasteiger partial charge in [0.05, 0.1) is 28.8 Å². The highest BCUT2D eigenvalue weighted by molar-refractivity contribution is 7.99. The normalized spacial score (nSPS) is 12.0. The van der Waals surface area contributed by atoms with E-state index in [-0.39, 0.29) is 35.9 Å². The fourth-order valence-electron chi connectivity index (χ4n) is 3.14. The summed E-state index contributed by atoms with van der Waals surface area (Å²) in [4.78, 5) is 32.1.